The number of benzene rings is 1. The largest absolute Gasteiger partial charge is 0.416 e. The molecule has 0 saturated heterocycles. The lowest BCUT2D eigenvalue weighted by Gasteiger charge is -2.18. The van der Waals surface area contributed by atoms with Gasteiger partial charge in [0.05, 0.1) is 17.3 Å². The minimum atomic E-state index is -4.46. The molecule has 4 nitrogen and oxygen atoms in total. The van der Waals surface area contributed by atoms with Crippen LogP contribution in [0, 0.1) is 0 Å². The van der Waals surface area contributed by atoms with E-state index in [0.717, 1.165) is 12.1 Å². The fraction of sp³-hybridized carbons (Fsp3) is 0.231. The number of aromatic nitrogens is 2. The minimum Gasteiger partial charge on any atom is -0.375 e. The van der Waals surface area contributed by atoms with Crippen molar-refractivity contribution in [2.45, 2.75) is 12.2 Å². The SMILES string of the molecule is NCC(Nc1cc(Cl)cc(C(F)(F)F)c1)c1ccncn1. The molecule has 0 aliphatic rings. The molecule has 0 fully saturated rings. The Hall–Kier alpha value is -1.86. The molecule has 0 aliphatic carbocycles. The summed E-state index contributed by atoms with van der Waals surface area (Å²) in [5, 5.41) is 2.89. The maximum absolute atomic E-state index is 12.8. The average Bonchev–Trinajstić information content (AvgIpc) is 2.44. The second kappa shape index (κ2) is 6.28. The maximum Gasteiger partial charge on any atom is 0.416 e. The van der Waals surface area contributed by atoms with Gasteiger partial charge in [-0.2, -0.15) is 13.2 Å². The van der Waals surface area contributed by atoms with E-state index in [2.05, 4.69) is 15.3 Å². The van der Waals surface area contributed by atoms with E-state index in [9.17, 15) is 13.2 Å². The van der Waals surface area contributed by atoms with Crippen LogP contribution < -0.4 is 11.1 Å². The molecule has 1 aromatic heterocycles. The van der Waals surface area contributed by atoms with Crippen molar-refractivity contribution >= 4 is 17.3 Å². The first kappa shape index (κ1) is 15.5. The molecule has 0 bridgehead atoms. The molecule has 1 atom stereocenters. The van der Waals surface area contributed by atoms with Crippen LogP contribution in [0.2, 0.25) is 5.02 Å². The molecule has 1 heterocycles. The van der Waals surface area contributed by atoms with E-state index in [1.54, 1.807) is 6.07 Å². The monoisotopic (exact) mass is 316 g/mol. The van der Waals surface area contributed by atoms with Crippen molar-refractivity contribution in [3.63, 3.8) is 0 Å². The van der Waals surface area contributed by atoms with Crippen LogP contribution in [0.3, 0.4) is 0 Å². The maximum atomic E-state index is 12.8. The molecule has 0 radical (unpaired) electrons. The zero-order valence-electron chi connectivity index (χ0n) is 10.7. The van der Waals surface area contributed by atoms with E-state index in [0.29, 0.717) is 5.69 Å². The van der Waals surface area contributed by atoms with E-state index in [1.807, 2.05) is 0 Å². The van der Waals surface area contributed by atoms with Gasteiger partial charge >= 0.3 is 6.18 Å². The number of anilines is 1. The molecule has 0 aliphatic heterocycles. The molecule has 112 valence electrons. The summed E-state index contributed by atoms with van der Waals surface area (Å²) in [6, 6.07) is 4.46. The summed E-state index contributed by atoms with van der Waals surface area (Å²) in [5.74, 6) is 0. The van der Waals surface area contributed by atoms with Crippen LogP contribution in [0.25, 0.3) is 0 Å². The normalized spacial score (nSPS) is 13.0. The zero-order chi connectivity index (χ0) is 15.5. The topological polar surface area (TPSA) is 63.8 Å². The molecule has 1 unspecified atom stereocenters. The highest BCUT2D eigenvalue weighted by Crippen LogP contribution is 2.34. The van der Waals surface area contributed by atoms with Gasteiger partial charge < -0.3 is 11.1 Å². The van der Waals surface area contributed by atoms with Crippen LogP contribution in [-0.4, -0.2) is 16.5 Å². The Morgan fingerprint density at radius 1 is 1.29 bits per heavy atom. The number of halogens is 4. The molecular weight excluding hydrogens is 305 g/mol. The molecule has 0 spiro atoms. The van der Waals surface area contributed by atoms with Gasteiger partial charge in [0.15, 0.2) is 0 Å². The smallest absolute Gasteiger partial charge is 0.375 e. The summed E-state index contributed by atoms with van der Waals surface area (Å²) in [4.78, 5) is 7.81. The second-order valence-corrected chi connectivity index (χ2v) is 4.73. The fourth-order valence-electron chi connectivity index (χ4n) is 1.80. The highest BCUT2D eigenvalue weighted by Gasteiger charge is 2.31. The van der Waals surface area contributed by atoms with Gasteiger partial charge in [0.25, 0.3) is 0 Å². The number of hydrogen-bond donors (Lipinski definition) is 2. The number of nitrogens with zero attached hydrogens (tertiary/aromatic N) is 2. The highest BCUT2D eigenvalue weighted by atomic mass is 35.5. The zero-order valence-corrected chi connectivity index (χ0v) is 11.5. The Morgan fingerprint density at radius 2 is 2.05 bits per heavy atom. The number of alkyl halides is 3. The molecule has 2 aromatic rings. The van der Waals surface area contributed by atoms with E-state index >= 15 is 0 Å². The second-order valence-electron chi connectivity index (χ2n) is 4.29. The van der Waals surface area contributed by atoms with Crippen molar-refractivity contribution in [1.29, 1.82) is 0 Å². The molecule has 1 aromatic carbocycles. The third kappa shape index (κ3) is 4.05. The molecule has 0 amide bonds. The van der Waals surface area contributed by atoms with Crippen LogP contribution in [0.1, 0.15) is 17.3 Å². The predicted molar refractivity (Wildman–Crippen MR) is 73.9 cm³/mol. The van der Waals surface area contributed by atoms with E-state index in [1.165, 1.54) is 18.6 Å². The molecule has 0 saturated carbocycles. The van der Waals surface area contributed by atoms with Crippen LogP contribution in [0.5, 0.6) is 0 Å². The van der Waals surface area contributed by atoms with E-state index < -0.39 is 17.8 Å². The van der Waals surface area contributed by atoms with E-state index in [4.69, 9.17) is 17.3 Å². The third-order valence-corrected chi connectivity index (χ3v) is 2.98. The van der Waals surface area contributed by atoms with Gasteiger partial charge in [-0.15, -0.1) is 0 Å². The fourth-order valence-corrected chi connectivity index (χ4v) is 2.03. The van der Waals surface area contributed by atoms with Crippen molar-refractivity contribution in [2.75, 3.05) is 11.9 Å². The first-order valence-electron chi connectivity index (χ1n) is 6.00. The number of rotatable bonds is 4. The van der Waals surface area contributed by atoms with Gasteiger partial charge in [-0.1, -0.05) is 11.6 Å². The van der Waals surface area contributed by atoms with Gasteiger partial charge in [0, 0.05) is 23.5 Å². The summed E-state index contributed by atoms with van der Waals surface area (Å²) in [7, 11) is 0. The lowest BCUT2D eigenvalue weighted by atomic mass is 10.1. The lowest BCUT2D eigenvalue weighted by Crippen LogP contribution is -2.22. The van der Waals surface area contributed by atoms with Crippen molar-refractivity contribution in [1.82, 2.24) is 9.97 Å². The standard InChI is InChI=1S/C13H12ClF3N4/c14-9-3-8(13(15,16)17)4-10(5-9)21-12(6-18)11-1-2-19-7-20-11/h1-5,7,12,21H,6,18H2. The Balaban J connectivity index is 2.28. The van der Waals surface area contributed by atoms with Gasteiger partial charge in [0.2, 0.25) is 0 Å². The molecule has 21 heavy (non-hydrogen) atoms. The summed E-state index contributed by atoms with van der Waals surface area (Å²) < 4.78 is 38.3. The van der Waals surface area contributed by atoms with Crippen molar-refractivity contribution in [3.8, 4) is 0 Å². The quantitative estimate of drug-likeness (QED) is 0.908. The minimum absolute atomic E-state index is 0.00853. The summed E-state index contributed by atoms with van der Waals surface area (Å²) in [6.07, 6.45) is -1.58. The number of hydrogen-bond acceptors (Lipinski definition) is 4. The molecule has 8 heteroatoms. The average molecular weight is 317 g/mol. The summed E-state index contributed by atoms with van der Waals surface area (Å²) >= 11 is 5.73. The van der Waals surface area contributed by atoms with Crippen LogP contribution >= 0.6 is 11.6 Å². The predicted octanol–water partition coefficient (Wildman–Crippen LogP) is 3.26. The Bertz CT molecular complexity index is 604. The summed E-state index contributed by atoms with van der Waals surface area (Å²) in [5.41, 5.74) is 5.62. The Kier molecular flexibility index (Phi) is 4.64. The first-order chi connectivity index (χ1) is 9.90. The van der Waals surface area contributed by atoms with Gasteiger partial charge in [0.1, 0.15) is 6.33 Å². The van der Waals surface area contributed by atoms with Gasteiger partial charge in [-0.3, -0.25) is 0 Å². The van der Waals surface area contributed by atoms with Gasteiger partial charge in [-0.25, -0.2) is 9.97 Å². The van der Waals surface area contributed by atoms with Gasteiger partial charge in [-0.05, 0) is 24.3 Å². The summed E-state index contributed by atoms with van der Waals surface area (Å²) in [6.45, 7) is 0.158. The Labute approximate surface area is 124 Å². The lowest BCUT2D eigenvalue weighted by molar-refractivity contribution is -0.137. The highest BCUT2D eigenvalue weighted by molar-refractivity contribution is 6.30. The first-order valence-corrected chi connectivity index (χ1v) is 6.38. The number of nitrogens with one attached hydrogen (secondary N) is 1. The van der Waals surface area contributed by atoms with Crippen molar-refractivity contribution < 1.29 is 13.2 Å². The van der Waals surface area contributed by atoms with Crippen molar-refractivity contribution in [3.05, 3.63) is 53.1 Å². The third-order valence-electron chi connectivity index (χ3n) is 2.76. The van der Waals surface area contributed by atoms with Crippen molar-refractivity contribution in [2.24, 2.45) is 5.73 Å². The number of nitrogens with two attached hydrogens (primary N) is 1. The van der Waals surface area contributed by atoms with Crippen LogP contribution in [0.15, 0.2) is 36.8 Å². The van der Waals surface area contributed by atoms with Crippen LogP contribution in [-0.2, 0) is 6.18 Å². The molecular formula is C13H12ClF3N4. The molecule has 2 rings (SSSR count). The molecule has 3 N–H and O–H groups in total. The van der Waals surface area contributed by atoms with E-state index in [-0.39, 0.29) is 17.3 Å². The Morgan fingerprint density at radius 3 is 2.62 bits per heavy atom. The van der Waals surface area contributed by atoms with Crippen LogP contribution in [0.4, 0.5) is 18.9 Å².